The largest absolute Gasteiger partial charge is 0.497 e. The smallest absolute Gasteiger partial charge is 0.325 e. The van der Waals surface area contributed by atoms with Gasteiger partial charge in [0.2, 0.25) is 5.91 Å². The summed E-state index contributed by atoms with van der Waals surface area (Å²) < 4.78 is 5.76. The van der Waals surface area contributed by atoms with E-state index in [0.717, 1.165) is 9.78 Å². The first-order valence-corrected chi connectivity index (χ1v) is 9.71. The van der Waals surface area contributed by atoms with E-state index in [-0.39, 0.29) is 12.5 Å². The van der Waals surface area contributed by atoms with E-state index in [2.05, 4.69) is 5.32 Å². The average Bonchev–Trinajstić information content (AvgIpc) is 3.18. The van der Waals surface area contributed by atoms with Gasteiger partial charge in [-0.2, -0.15) is 0 Å². The van der Waals surface area contributed by atoms with E-state index >= 15 is 0 Å². The van der Waals surface area contributed by atoms with Gasteiger partial charge in [0.1, 0.15) is 17.8 Å². The molecule has 9 heteroatoms. The molecule has 1 aliphatic rings. The van der Waals surface area contributed by atoms with Crippen molar-refractivity contribution in [3.05, 3.63) is 51.2 Å². The molecule has 0 spiro atoms. The van der Waals surface area contributed by atoms with Gasteiger partial charge in [0, 0.05) is 11.9 Å². The van der Waals surface area contributed by atoms with Gasteiger partial charge in [-0.1, -0.05) is 23.7 Å². The number of hydrogen-bond acceptors (Lipinski definition) is 5. The monoisotopic (exact) mass is 421 g/mol. The van der Waals surface area contributed by atoms with E-state index < -0.39 is 17.5 Å². The van der Waals surface area contributed by atoms with E-state index in [1.54, 1.807) is 51.4 Å². The minimum atomic E-state index is -1.23. The third kappa shape index (κ3) is 3.83. The molecule has 1 N–H and O–H groups in total. The van der Waals surface area contributed by atoms with E-state index in [4.69, 9.17) is 16.3 Å². The van der Waals surface area contributed by atoms with Gasteiger partial charge in [-0.25, -0.2) is 4.79 Å². The summed E-state index contributed by atoms with van der Waals surface area (Å²) in [5.41, 5.74) is -0.619. The number of imide groups is 1. The van der Waals surface area contributed by atoms with Gasteiger partial charge in [-0.3, -0.25) is 14.5 Å². The van der Waals surface area contributed by atoms with Gasteiger partial charge in [-0.05, 0) is 36.8 Å². The van der Waals surface area contributed by atoms with Crippen LogP contribution in [0, 0.1) is 0 Å². The average molecular weight is 422 g/mol. The molecule has 0 bridgehead atoms. The summed E-state index contributed by atoms with van der Waals surface area (Å²) in [7, 11) is 3.17. The number of nitrogens with one attached hydrogen (secondary N) is 1. The van der Waals surface area contributed by atoms with Crippen LogP contribution in [0.1, 0.15) is 17.4 Å². The Labute approximate surface area is 171 Å². The third-order valence-electron chi connectivity index (χ3n) is 4.68. The van der Waals surface area contributed by atoms with Crippen LogP contribution in [0.2, 0.25) is 4.34 Å². The molecule has 1 unspecified atom stereocenters. The molecule has 2 heterocycles. The summed E-state index contributed by atoms with van der Waals surface area (Å²) in [6.07, 6.45) is 0. The Morgan fingerprint density at radius 3 is 2.50 bits per heavy atom. The van der Waals surface area contributed by atoms with Crippen molar-refractivity contribution in [1.82, 2.24) is 15.1 Å². The van der Waals surface area contributed by atoms with Crippen LogP contribution >= 0.6 is 22.9 Å². The molecule has 1 fully saturated rings. The highest BCUT2D eigenvalue weighted by Gasteiger charge is 2.49. The molecular weight excluding hydrogens is 402 g/mol. The predicted octanol–water partition coefficient (Wildman–Crippen LogP) is 2.84. The van der Waals surface area contributed by atoms with Crippen molar-refractivity contribution in [1.29, 1.82) is 0 Å². The van der Waals surface area contributed by atoms with Crippen molar-refractivity contribution < 1.29 is 19.1 Å². The van der Waals surface area contributed by atoms with Gasteiger partial charge in [-0.15, -0.1) is 11.3 Å². The number of hydrogen-bond donors (Lipinski definition) is 1. The second-order valence-corrected chi connectivity index (χ2v) is 8.43. The molecule has 3 rings (SSSR count). The zero-order valence-electron chi connectivity index (χ0n) is 15.7. The number of amides is 4. The zero-order chi connectivity index (χ0) is 20.5. The molecule has 1 aliphatic heterocycles. The van der Waals surface area contributed by atoms with Crippen LogP contribution in [0.15, 0.2) is 36.4 Å². The van der Waals surface area contributed by atoms with Crippen LogP contribution in [0.4, 0.5) is 4.79 Å². The molecule has 148 valence electrons. The molecule has 1 aromatic carbocycles. The van der Waals surface area contributed by atoms with Gasteiger partial charge in [0.05, 0.1) is 18.0 Å². The van der Waals surface area contributed by atoms with Crippen LogP contribution < -0.4 is 10.1 Å². The lowest BCUT2D eigenvalue weighted by atomic mass is 9.92. The highest BCUT2D eigenvalue weighted by molar-refractivity contribution is 7.16. The zero-order valence-corrected chi connectivity index (χ0v) is 17.3. The number of halogens is 1. The maximum Gasteiger partial charge on any atom is 0.325 e. The molecule has 28 heavy (non-hydrogen) atoms. The molecule has 2 aromatic rings. The number of thiophene rings is 1. The summed E-state index contributed by atoms with van der Waals surface area (Å²) in [4.78, 5) is 41.2. The molecule has 1 aromatic heterocycles. The number of methoxy groups -OCH3 is 1. The van der Waals surface area contributed by atoms with Crippen molar-refractivity contribution in [2.24, 2.45) is 0 Å². The number of carbonyl (C=O) groups excluding carboxylic acids is 3. The first kappa shape index (κ1) is 20.2. The second-order valence-electron chi connectivity index (χ2n) is 6.63. The predicted molar refractivity (Wildman–Crippen MR) is 106 cm³/mol. The molecule has 0 saturated carbocycles. The molecule has 0 radical (unpaired) electrons. The fourth-order valence-corrected chi connectivity index (χ4v) is 4.12. The standard InChI is InChI=1S/C19H20ClN3O4S/c1-19(12-4-6-13(27-3)7-5-12)17(25)23(18(26)21-19)11-16(24)22(2)10-14-8-9-15(20)28-14/h4-9H,10-11H2,1-3H3,(H,21,26). The van der Waals surface area contributed by atoms with Crippen LogP contribution in [0.5, 0.6) is 5.75 Å². The number of likely N-dealkylation sites (N-methyl/N-ethyl adjacent to an activating group) is 1. The van der Waals surface area contributed by atoms with Crippen LogP contribution in [-0.2, 0) is 21.7 Å². The summed E-state index contributed by atoms with van der Waals surface area (Å²) in [6.45, 7) is 1.65. The lowest BCUT2D eigenvalue weighted by Crippen LogP contribution is -2.43. The lowest BCUT2D eigenvalue weighted by molar-refractivity contribution is -0.138. The number of nitrogens with zero attached hydrogens (tertiary/aromatic N) is 2. The van der Waals surface area contributed by atoms with Gasteiger partial charge in [0.15, 0.2) is 0 Å². The lowest BCUT2D eigenvalue weighted by Gasteiger charge is -2.23. The Morgan fingerprint density at radius 2 is 1.93 bits per heavy atom. The first-order chi connectivity index (χ1) is 13.2. The molecule has 1 atom stereocenters. The van der Waals surface area contributed by atoms with Crippen LogP contribution in [0.25, 0.3) is 0 Å². The Bertz CT molecular complexity index is 914. The van der Waals surface area contributed by atoms with Crippen molar-refractivity contribution >= 4 is 40.8 Å². The van der Waals surface area contributed by atoms with Crippen molar-refractivity contribution in [2.75, 3.05) is 20.7 Å². The van der Waals surface area contributed by atoms with Crippen molar-refractivity contribution in [3.63, 3.8) is 0 Å². The minimum absolute atomic E-state index is 0.327. The maximum absolute atomic E-state index is 12.9. The Balaban J connectivity index is 1.71. The quantitative estimate of drug-likeness (QED) is 0.727. The molecule has 1 saturated heterocycles. The number of ether oxygens (including phenoxy) is 1. The highest BCUT2D eigenvalue weighted by atomic mass is 35.5. The second kappa shape index (κ2) is 7.81. The van der Waals surface area contributed by atoms with Crippen LogP contribution in [0.3, 0.4) is 0 Å². The fraction of sp³-hybridized carbons (Fsp3) is 0.316. The van der Waals surface area contributed by atoms with E-state index in [9.17, 15) is 14.4 Å². The number of benzene rings is 1. The summed E-state index contributed by atoms with van der Waals surface area (Å²) in [5.74, 6) is -0.165. The summed E-state index contributed by atoms with van der Waals surface area (Å²) in [6, 6.07) is 9.87. The third-order valence-corrected chi connectivity index (χ3v) is 5.90. The number of urea groups is 1. The van der Waals surface area contributed by atoms with E-state index in [1.165, 1.54) is 16.2 Å². The Morgan fingerprint density at radius 1 is 1.25 bits per heavy atom. The molecule has 4 amide bonds. The summed E-state index contributed by atoms with van der Waals surface area (Å²) in [5, 5.41) is 2.69. The van der Waals surface area contributed by atoms with Gasteiger partial charge in [0.25, 0.3) is 5.91 Å². The van der Waals surface area contributed by atoms with Gasteiger partial charge < -0.3 is 15.0 Å². The summed E-state index contributed by atoms with van der Waals surface area (Å²) >= 11 is 7.29. The highest BCUT2D eigenvalue weighted by Crippen LogP contribution is 2.30. The SMILES string of the molecule is COc1ccc(C2(C)NC(=O)N(CC(=O)N(C)Cc3ccc(Cl)s3)C2=O)cc1. The minimum Gasteiger partial charge on any atom is -0.497 e. The maximum atomic E-state index is 12.9. The van der Waals surface area contributed by atoms with Crippen molar-refractivity contribution in [3.8, 4) is 5.75 Å². The first-order valence-electron chi connectivity index (χ1n) is 8.51. The molecular formula is C19H20ClN3O4S. The number of carbonyl (C=O) groups is 3. The normalized spacial score (nSPS) is 18.9. The Hall–Kier alpha value is -2.58. The Kier molecular flexibility index (Phi) is 5.62. The molecule has 0 aliphatic carbocycles. The van der Waals surface area contributed by atoms with Gasteiger partial charge >= 0.3 is 6.03 Å². The number of rotatable bonds is 6. The molecule has 7 nitrogen and oxygen atoms in total. The van der Waals surface area contributed by atoms with E-state index in [1.807, 2.05) is 6.07 Å². The van der Waals surface area contributed by atoms with Crippen molar-refractivity contribution in [2.45, 2.75) is 19.0 Å². The topological polar surface area (TPSA) is 79.0 Å². The fourth-order valence-electron chi connectivity index (χ4n) is 2.98. The van der Waals surface area contributed by atoms with E-state index in [0.29, 0.717) is 22.2 Å². The van der Waals surface area contributed by atoms with Crippen LogP contribution in [-0.4, -0.2) is 48.3 Å².